The summed E-state index contributed by atoms with van der Waals surface area (Å²) in [6.45, 7) is 4.23. The number of rotatable bonds is 3. The molecule has 0 bridgehead atoms. The van der Waals surface area contributed by atoms with Gasteiger partial charge in [0.15, 0.2) is 0 Å². The Hall–Kier alpha value is -1.96. The molecule has 0 unspecified atom stereocenters. The van der Waals surface area contributed by atoms with E-state index in [9.17, 15) is 8.42 Å². The van der Waals surface area contributed by atoms with E-state index in [-0.39, 0.29) is 0 Å². The van der Waals surface area contributed by atoms with Crippen LogP contribution in [0, 0.1) is 6.92 Å². The summed E-state index contributed by atoms with van der Waals surface area (Å²) in [5.74, 6) is 0. The SMILES string of the molecule is Cc1cc(N2CCN(S(=O)(=O)c3ccc(Br)cc3)CC2)c2ccccc2n1. The fourth-order valence-corrected chi connectivity index (χ4v) is 5.16. The molecule has 2 aromatic carbocycles. The molecular weight excluding hydrogens is 426 g/mol. The normalized spacial score (nSPS) is 16.0. The number of hydrogen-bond donors (Lipinski definition) is 0. The van der Waals surface area contributed by atoms with Crippen LogP contribution in [0.25, 0.3) is 10.9 Å². The van der Waals surface area contributed by atoms with E-state index in [0.29, 0.717) is 31.1 Å². The zero-order valence-electron chi connectivity index (χ0n) is 15.0. The lowest BCUT2D eigenvalue weighted by Crippen LogP contribution is -2.48. The second-order valence-electron chi connectivity index (χ2n) is 6.64. The number of para-hydroxylation sites is 1. The Kier molecular flexibility index (Phi) is 4.92. The number of piperazine rings is 1. The van der Waals surface area contributed by atoms with Crippen molar-refractivity contribution in [3.8, 4) is 0 Å². The molecule has 5 nitrogen and oxygen atoms in total. The van der Waals surface area contributed by atoms with Crippen molar-refractivity contribution < 1.29 is 8.42 Å². The highest BCUT2D eigenvalue weighted by atomic mass is 79.9. The lowest BCUT2D eigenvalue weighted by molar-refractivity contribution is 0.385. The van der Waals surface area contributed by atoms with Crippen LogP contribution in [0.15, 0.2) is 64.0 Å². The molecule has 1 aromatic heterocycles. The molecule has 2 heterocycles. The number of sulfonamides is 1. The average molecular weight is 446 g/mol. The average Bonchev–Trinajstić information content (AvgIpc) is 2.68. The van der Waals surface area contributed by atoms with E-state index in [1.807, 2.05) is 25.1 Å². The minimum absolute atomic E-state index is 0.337. The van der Waals surface area contributed by atoms with E-state index in [2.05, 4.69) is 37.9 Å². The topological polar surface area (TPSA) is 53.5 Å². The second-order valence-corrected chi connectivity index (χ2v) is 9.50. The molecule has 0 spiro atoms. The summed E-state index contributed by atoms with van der Waals surface area (Å²) in [7, 11) is -3.46. The minimum Gasteiger partial charge on any atom is -0.368 e. The second kappa shape index (κ2) is 7.22. The molecule has 1 aliphatic rings. The molecule has 0 aliphatic carbocycles. The fraction of sp³-hybridized carbons (Fsp3) is 0.250. The first-order valence-electron chi connectivity index (χ1n) is 8.82. The van der Waals surface area contributed by atoms with Gasteiger partial charge in [-0.3, -0.25) is 4.98 Å². The largest absolute Gasteiger partial charge is 0.368 e. The van der Waals surface area contributed by atoms with E-state index in [0.717, 1.165) is 26.8 Å². The van der Waals surface area contributed by atoms with Gasteiger partial charge >= 0.3 is 0 Å². The van der Waals surface area contributed by atoms with E-state index in [1.54, 1.807) is 28.6 Å². The number of pyridine rings is 1. The predicted molar refractivity (Wildman–Crippen MR) is 112 cm³/mol. The third-order valence-corrected chi connectivity index (χ3v) is 7.29. The van der Waals surface area contributed by atoms with Crippen LogP contribution < -0.4 is 4.90 Å². The molecule has 1 aliphatic heterocycles. The van der Waals surface area contributed by atoms with Crippen molar-refractivity contribution in [1.82, 2.24) is 9.29 Å². The number of anilines is 1. The van der Waals surface area contributed by atoms with E-state index in [1.165, 1.54) is 0 Å². The van der Waals surface area contributed by atoms with Gasteiger partial charge in [-0.1, -0.05) is 34.1 Å². The van der Waals surface area contributed by atoms with Crippen LogP contribution in [0.2, 0.25) is 0 Å². The van der Waals surface area contributed by atoms with Crippen molar-refractivity contribution in [2.24, 2.45) is 0 Å². The number of benzene rings is 2. The number of hydrogen-bond acceptors (Lipinski definition) is 4. The summed E-state index contributed by atoms with van der Waals surface area (Å²) in [5.41, 5.74) is 3.06. The highest BCUT2D eigenvalue weighted by molar-refractivity contribution is 9.10. The van der Waals surface area contributed by atoms with Gasteiger partial charge in [0.2, 0.25) is 10.0 Å². The third-order valence-electron chi connectivity index (χ3n) is 4.85. The number of aryl methyl sites for hydroxylation is 1. The number of halogens is 1. The maximum atomic E-state index is 12.9. The van der Waals surface area contributed by atoms with Gasteiger partial charge in [0.05, 0.1) is 10.4 Å². The van der Waals surface area contributed by atoms with Gasteiger partial charge in [0.1, 0.15) is 0 Å². The molecular formula is C20H20BrN3O2S. The molecule has 3 aromatic rings. The predicted octanol–water partition coefficient (Wildman–Crippen LogP) is 3.82. The number of fused-ring (bicyclic) bond motifs is 1. The maximum Gasteiger partial charge on any atom is 0.243 e. The molecule has 0 radical (unpaired) electrons. The molecule has 0 amide bonds. The highest BCUT2D eigenvalue weighted by Gasteiger charge is 2.29. The smallest absolute Gasteiger partial charge is 0.243 e. The molecule has 7 heteroatoms. The van der Waals surface area contributed by atoms with Crippen LogP contribution in [-0.2, 0) is 10.0 Å². The van der Waals surface area contributed by atoms with Gasteiger partial charge in [-0.15, -0.1) is 0 Å². The Balaban J connectivity index is 1.57. The van der Waals surface area contributed by atoms with Crippen LogP contribution in [-0.4, -0.2) is 43.9 Å². The first kappa shape index (κ1) is 18.4. The standard InChI is InChI=1S/C20H20BrN3O2S/c1-15-14-20(18-4-2-3-5-19(18)22-15)23-10-12-24(13-11-23)27(25,26)17-8-6-16(21)7-9-17/h2-9,14H,10-13H2,1H3. The van der Waals surface area contributed by atoms with Gasteiger partial charge in [-0.05, 0) is 43.3 Å². The minimum atomic E-state index is -3.46. The summed E-state index contributed by atoms with van der Waals surface area (Å²) in [4.78, 5) is 7.19. The highest BCUT2D eigenvalue weighted by Crippen LogP contribution is 2.28. The van der Waals surface area contributed by atoms with E-state index < -0.39 is 10.0 Å². The summed E-state index contributed by atoms with van der Waals surface area (Å²) in [5, 5.41) is 1.10. The van der Waals surface area contributed by atoms with Gasteiger partial charge in [-0.25, -0.2) is 8.42 Å². The third kappa shape index (κ3) is 3.59. The van der Waals surface area contributed by atoms with Gasteiger partial charge in [0.25, 0.3) is 0 Å². The molecule has 1 saturated heterocycles. The van der Waals surface area contributed by atoms with Crippen molar-refractivity contribution >= 4 is 42.5 Å². The first-order valence-corrected chi connectivity index (χ1v) is 11.1. The lowest BCUT2D eigenvalue weighted by atomic mass is 10.1. The van der Waals surface area contributed by atoms with Gasteiger partial charge in [0, 0.05) is 47.4 Å². The monoisotopic (exact) mass is 445 g/mol. The molecule has 140 valence electrons. The fourth-order valence-electron chi connectivity index (χ4n) is 3.47. The molecule has 0 N–H and O–H groups in total. The van der Waals surface area contributed by atoms with Crippen molar-refractivity contribution in [3.05, 3.63) is 64.8 Å². The van der Waals surface area contributed by atoms with Crippen molar-refractivity contribution in [2.45, 2.75) is 11.8 Å². The van der Waals surface area contributed by atoms with Crippen molar-refractivity contribution in [2.75, 3.05) is 31.1 Å². The quantitative estimate of drug-likeness (QED) is 0.614. The van der Waals surface area contributed by atoms with Gasteiger partial charge in [-0.2, -0.15) is 4.31 Å². The summed E-state index contributed by atoms with van der Waals surface area (Å²) in [6, 6.07) is 17.0. The van der Waals surface area contributed by atoms with E-state index >= 15 is 0 Å². The summed E-state index contributed by atoms with van der Waals surface area (Å²) >= 11 is 3.35. The molecule has 0 saturated carbocycles. The molecule has 0 atom stereocenters. The Morgan fingerprint density at radius 2 is 1.63 bits per heavy atom. The number of nitrogens with zero attached hydrogens (tertiary/aromatic N) is 3. The Labute approximate surface area is 167 Å². The zero-order chi connectivity index (χ0) is 19.0. The van der Waals surface area contributed by atoms with Crippen molar-refractivity contribution in [3.63, 3.8) is 0 Å². The van der Waals surface area contributed by atoms with Crippen LogP contribution in [0.4, 0.5) is 5.69 Å². The summed E-state index contributed by atoms with van der Waals surface area (Å²) in [6.07, 6.45) is 0. The zero-order valence-corrected chi connectivity index (χ0v) is 17.4. The molecule has 1 fully saturated rings. The van der Waals surface area contributed by atoms with Crippen LogP contribution >= 0.6 is 15.9 Å². The van der Waals surface area contributed by atoms with Crippen LogP contribution in [0.3, 0.4) is 0 Å². The number of aromatic nitrogens is 1. The Bertz CT molecular complexity index is 1080. The van der Waals surface area contributed by atoms with Crippen LogP contribution in [0.1, 0.15) is 5.69 Å². The Morgan fingerprint density at radius 1 is 0.963 bits per heavy atom. The van der Waals surface area contributed by atoms with Gasteiger partial charge < -0.3 is 4.90 Å². The van der Waals surface area contributed by atoms with Crippen LogP contribution in [0.5, 0.6) is 0 Å². The molecule has 27 heavy (non-hydrogen) atoms. The molecule has 4 rings (SSSR count). The Morgan fingerprint density at radius 3 is 2.33 bits per heavy atom. The lowest BCUT2D eigenvalue weighted by Gasteiger charge is -2.36. The maximum absolute atomic E-state index is 12.9. The van der Waals surface area contributed by atoms with E-state index in [4.69, 9.17) is 0 Å². The summed E-state index contributed by atoms with van der Waals surface area (Å²) < 4.78 is 28.2. The first-order chi connectivity index (χ1) is 12.9. The van der Waals surface area contributed by atoms with Crippen molar-refractivity contribution in [1.29, 1.82) is 0 Å².